The van der Waals surface area contributed by atoms with Crippen molar-refractivity contribution in [1.82, 2.24) is 10.2 Å². The fourth-order valence-electron chi connectivity index (χ4n) is 3.65. The summed E-state index contributed by atoms with van der Waals surface area (Å²) in [5, 5.41) is 3.01. The summed E-state index contributed by atoms with van der Waals surface area (Å²) in [6.07, 6.45) is 2.97. The van der Waals surface area contributed by atoms with Crippen LogP contribution in [0.4, 0.5) is 0 Å². The van der Waals surface area contributed by atoms with Crippen molar-refractivity contribution in [3.8, 4) is 5.75 Å². The number of hydrogen-bond acceptors (Lipinski definition) is 3. The van der Waals surface area contributed by atoms with Crippen LogP contribution in [0.25, 0.3) is 0 Å². The van der Waals surface area contributed by atoms with E-state index in [9.17, 15) is 4.79 Å². The number of nitrogens with zero attached hydrogens (tertiary/aromatic N) is 1. The van der Waals surface area contributed by atoms with Crippen LogP contribution in [0.1, 0.15) is 36.3 Å². The molecule has 0 bridgehead atoms. The average molecular weight is 352 g/mol. The number of likely N-dealkylation sites (tertiary alicyclic amines) is 1. The summed E-state index contributed by atoms with van der Waals surface area (Å²) in [5.74, 6) is 1.49. The highest BCUT2D eigenvalue weighted by Crippen LogP contribution is 2.26. The summed E-state index contributed by atoms with van der Waals surface area (Å²) in [5.41, 5.74) is 2.42. The van der Waals surface area contributed by atoms with E-state index in [1.807, 2.05) is 24.3 Å². The van der Waals surface area contributed by atoms with Gasteiger partial charge in [0, 0.05) is 31.6 Å². The molecule has 2 aromatic carbocycles. The molecule has 0 aromatic heterocycles. The van der Waals surface area contributed by atoms with Gasteiger partial charge in [-0.1, -0.05) is 48.5 Å². The minimum atomic E-state index is 0.0951. The number of nitrogens with one attached hydrogen (secondary N) is 1. The SMILES string of the molecule is COc1ccccc1CNC(=O)CCN1CCCC(c2ccccc2)C1. The summed E-state index contributed by atoms with van der Waals surface area (Å²) in [7, 11) is 1.65. The van der Waals surface area contributed by atoms with E-state index in [0.29, 0.717) is 18.9 Å². The van der Waals surface area contributed by atoms with Crippen LogP contribution in [0.5, 0.6) is 5.75 Å². The standard InChI is InChI=1S/C22H28N2O2/c1-26-21-12-6-5-10-19(21)16-23-22(25)13-15-24-14-7-11-20(17-24)18-8-3-2-4-9-18/h2-6,8-10,12,20H,7,11,13-17H2,1H3,(H,23,25). The van der Waals surface area contributed by atoms with Crippen molar-refractivity contribution in [1.29, 1.82) is 0 Å². The molecule has 1 fully saturated rings. The molecule has 0 saturated carbocycles. The molecule has 4 nitrogen and oxygen atoms in total. The number of rotatable bonds is 7. The Bertz CT molecular complexity index is 702. The van der Waals surface area contributed by atoms with Crippen LogP contribution >= 0.6 is 0 Å². The molecule has 2 aromatic rings. The molecular weight excluding hydrogens is 324 g/mol. The predicted octanol–water partition coefficient (Wildman–Crippen LogP) is 3.58. The van der Waals surface area contributed by atoms with Gasteiger partial charge >= 0.3 is 0 Å². The molecular formula is C22H28N2O2. The highest BCUT2D eigenvalue weighted by Gasteiger charge is 2.21. The second-order valence-corrected chi connectivity index (χ2v) is 6.89. The summed E-state index contributed by atoms with van der Waals surface area (Å²) in [6, 6.07) is 18.5. The smallest absolute Gasteiger partial charge is 0.221 e. The third kappa shape index (κ3) is 5.09. The van der Waals surface area contributed by atoms with Gasteiger partial charge in [-0.2, -0.15) is 0 Å². The van der Waals surface area contributed by atoms with Gasteiger partial charge in [0.2, 0.25) is 5.91 Å². The Kier molecular flexibility index (Phi) is 6.67. The average Bonchev–Trinajstić information content (AvgIpc) is 2.71. The Morgan fingerprint density at radius 1 is 1.15 bits per heavy atom. The van der Waals surface area contributed by atoms with Gasteiger partial charge in [-0.15, -0.1) is 0 Å². The van der Waals surface area contributed by atoms with Crippen LogP contribution in [0, 0.1) is 0 Å². The Hall–Kier alpha value is -2.33. The fourth-order valence-corrected chi connectivity index (χ4v) is 3.65. The Labute approximate surface area is 156 Å². The lowest BCUT2D eigenvalue weighted by Crippen LogP contribution is -2.37. The molecule has 0 spiro atoms. The summed E-state index contributed by atoms with van der Waals surface area (Å²) >= 11 is 0. The van der Waals surface area contributed by atoms with Crippen molar-refractivity contribution in [2.45, 2.75) is 31.7 Å². The molecule has 1 amide bonds. The van der Waals surface area contributed by atoms with E-state index < -0.39 is 0 Å². The van der Waals surface area contributed by atoms with E-state index in [-0.39, 0.29) is 5.91 Å². The number of carbonyl (C=O) groups excluding carboxylic acids is 1. The molecule has 0 aliphatic carbocycles. The molecule has 1 heterocycles. The Morgan fingerprint density at radius 2 is 1.92 bits per heavy atom. The van der Waals surface area contributed by atoms with Crippen LogP contribution in [0.15, 0.2) is 54.6 Å². The molecule has 1 unspecified atom stereocenters. The van der Waals surface area contributed by atoms with Gasteiger partial charge in [0.15, 0.2) is 0 Å². The van der Waals surface area contributed by atoms with E-state index in [0.717, 1.165) is 30.9 Å². The number of hydrogen-bond donors (Lipinski definition) is 1. The van der Waals surface area contributed by atoms with Crippen molar-refractivity contribution >= 4 is 5.91 Å². The first kappa shape index (κ1) is 18.5. The molecule has 0 radical (unpaired) electrons. The maximum absolute atomic E-state index is 12.2. The van der Waals surface area contributed by atoms with Gasteiger partial charge < -0.3 is 15.0 Å². The van der Waals surface area contributed by atoms with Gasteiger partial charge in [0.05, 0.1) is 7.11 Å². The maximum atomic E-state index is 12.2. The Balaban J connectivity index is 1.44. The molecule has 1 aliphatic heterocycles. The number of benzene rings is 2. The quantitative estimate of drug-likeness (QED) is 0.828. The van der Waals surface area contributed by atoms with Crippen molar-refractivity contribution in [2.75, 3.05) is 26.7 Å². The van der Waals surface area contributed by atoms with Gasteiger partial charge in [-0.05, 0) is 36.9 Å². The van der Waals surface area contributed by atoms with Crippen molar-refractivity contribution in [3.05, 3.63) is 65.7 Å². The topological polar surface area (TPSA) is 41.6 Å². The fraction of sp³-hybridized carbons (Fsp3) is 0.409. The summed E-state index contributed by atoms with van der Waals surface area (Å²) < 4.78 is 5.33. The molecule has 1 atom stereocenters. The zero-order chi connectivity index (χ0) is 18.2. The van der Waals surface area contributed by atoms with Crippen molar-refractivity contribution in [3.63, 3.8) is 0 Å². The lowest BCUT2D eigenvalue weighted by atomic mass is 9.90. The third-order valence-electron chi connectivity index (χ3n) is 5.10. The minimum absolute atomic E-state index is 0.0951. The first-order valence-corrected chi connectivity index (χ1v) is 9.42. The van der Waals surface area contributed by atoms with E-state index >= 15 is 0 Å². The zero-order valence-electron chi connectivity index (χ0n) is 15.5. The molecule has 4 heteroatoms. The largest absolute Gasteiger partial charge is 0.496 e. The van der Waals surface area contributed by atoms with Crippen LogP contribution in [-0.2, 0) is 11.3 Å². The van der Waals surface area contributed by atoms with E-state index in [1.165, 1.54) is 18.4 Å². The second kappa shape index (κ2) is 9.39. The third-order valence-corrected chi connectivity index (χ3v) is 5.10. The number of carbonyl (C=O) groups is 1. The predicted molar refractivity (Wildman–Crippen MR) is 104 cm³/mol. The molecule has 26 heavy (non-hydrogen) atoms. The van der Waals surface area contributed by atoms with Crippen LogP contribution < -0.4 is 10.1 Å². The van der Waals surface area contributed by atoms with E-state index in [2.05, 4.69) is 40.5 Å². The highest BCUT2D eigenvalue weighted by molar-refractivity contribution is 5.76. The van der Waals surface area contributed by atoms with Gasteiger partial charge in [0.25, 0.3) is 0 Å². The first-order valence-electron chi connectivity index (χ1n) is 9.42. The summed E-state index contributed by atoms with van der Waals surface area (Å²) in [4.78, 5) is 14.7. The van der Waals surface area contributed by atoms with E-state index in [1.54, 1.807) is 7.11 Å². The number of ether oxygens (including phenoxy) is 1. The number of amides is 1. The number of piperidine rings is 1. The van der Waals surface area contributed by atoms with Crippen molar-refractivity contribution in [2.24, 2.45) is 0 Å². The lowest BCUT2D eigenvalue weighted by molar-refractivity contribution is -0.121. The molecule has 1 N–H and O–H groups in total. The molecule has 1 aliphatic rings. The second-order valence-electron chi connectivity index (χ2n) is 6.89. The number of para-hydroxylation sites is 1. The monoisotopic (exact) mass is 352 g/mol. The molecule has 138 valence electrons. The summed E-state index contributed by atoms with van der Waals surface area (Å²) in [6.45, 7) is 3.46. The first-order chi connectivity index (χ1) is 12.8. The molecule has 3 rings (SSSR count). The van der Waals surface area contributed by atoms with Crippen LogP contribution in [0.3, 0.4) is 0 Å². The van der Waals surface area contributed by atoms with Gasteiger partial charge in [-0.3, -0.25) is 4.79 Å². The number of methoxy groups -OCH3 is 1. The zero-order valence-corrected chi connectivity index (χ0v) is 15.5. The van der Waals surface area contributed by atoms with E-state index in [4.69, 9.17) is 4.74 Å². The maximum Gasteiger partial charge on any atom is 0.221 e. The highest BCUT2D eigenvalue weighted by atomic mass is 16.5. The Morgan fingerprint density at radius 3 is 2.73 bits per heavy atom. The minimum Gasteiger partial charge on any atom is -0.496 e. The lowest BCUT2D eigenvalue weighted by Gasteiger charge is -2.32. The van der Waals surface area contributed by atoms with Crippen molar-refractivity contribution < 1.29 is 9.53 Å². The van der Waals surface area contributed by atoms with Gasteiger partial charge in [0.1, 0.15) is 5.75 Å². The van der Waals surface area contributed by atoms with Crippen LogP contribution in [-0.4, -0.2) is 37.6 Å². The van der Waals surface area contributed by atoms with Gasteiger partial charge in [-0.25, -0.2) is 0 Å². The normalized spacial score (nSPS) is 17.7. The molecule has 1 saturated heterocycles. The van der Waals surface area contributed by atoms with Crippen LogP contribution in [0.2, 0.25) is 0 Å².